The van der Waals surface area contributed by atoms with Crippen LogP contribution in [0.4, 0.5) is 0 Å². The molecule has 4 aliphatic carbocycles. The highest BCUT2D eigenvalue weighted by molar-refractivity contribution is 8.14. The molecule has 4 bridgehead atoms. The van der Waals surface area contributed by atoms with E-state index in [1.54, 1.807) is 13.8 Å². The van der Waals surface area contributed by atoms with Crippen LogP contribution in [0.3, 0.4) is 0 Å². The Morgan fingerprint density at radius 1 is 0.875 bits per heavy atom. The van der Waals surface area contributed by atoms with Crippen LogP contribution in [-0.4, -0.2) is 21.7 Å². The van der Waals surface area contributed by atoms with Crippen LogP contribution in [0.15, 0.2) is 24.3 Å². The van der Waals surface area contributed by atoms with Crippen LogP contribution >= 0.6 is 23.5 Å². The summed E-state index contributed by atoms with van der Waals surface area (Å²) in [6.07, 6.45) is 7.67. The SMILES string of the molecule is C=C(C)C(=O)SCC12CC3CC(C1)CC(CSC(=O)C(=C)C)(C3)C2. The summed E-state index contributed by atoms with van der Waals surface area (Å²) in [6, 6.07) is 0. The van der Waals surface area contributed by atoms with Gasteiger partial charge in [-0.3, -0.25) is 9.59 Å². The number of thioether (sulfide) groups is 2. The van der Waals surface area contributed by atoms with E-state index >= 15 is 0 Å². The molecule has 0 heterocycles. The normalized spacial score (nSPS) is 36.6. The zero-order valence-corrected chi connectivity index (χ0v) is 16.5. The van der Waals surface area contributed by atoms with Gasteiger partial charge in [-0.25, -0.2) is 0 Å². The van der Waals surface area contributed by atoms with Crippen molar-refractivity contribution >= 4 is 33.8 Å². The molecule has 4 heteroatoms. The van der Waals surface area contributed by atoms with Crippen molar-refractivity contribution in [2.45, 2.75) is 52.4 Å². The van der Waals surface area contributed by atoms with Crippen LogP contribution in [0.2, 0.25) is 0 Å². The Morgan fingerprint density at radius 3 is 1.58 bits per heavy atom. The smallest absolute Gasteiger partial charge is 0.214 e. The predicted octanol–water partition coefficient (Wildman–Crippen LogP) is 5.24. The Bertz CT molecular complexity index is 530. The van der Waals surface area contributed by atoms with Gasteiger partial charge in [-0.1, -0.05) is 36.7 Å². The molecule has 4 aliphatic rings. The average Bonchev–Trinajstić information content (AvgIpc) is 2.48. The van der Waals surface area contributed by atoms with Gasteiger partial charge < -0.3 is 0 Å². The third kappa shape index (κ3) is 3.70. The van der Waals surface area contributed by atoms with E-state index in [2.05, 4.69) is 13.2 Å². The number of carbonyl (C=O) groups is 2. The summed E-state index contributed by atoms with van der Waals surface area (Å²) >= 11 is 2.95. The van der Waals surface area contributed by atoms with E-state index in [9.17, 15) is 9.59 Å². The average molecular weight is 365 g/mol. The standard InChI is InChI=1S/C20H28O2S2/c1-13(2)17(21)23-11-19-6-15-5-16(7-19)9-20(8-15,10-19)12-24-18(22)14(3)4/h15-16H,1,3,5-12H2,2,4H3. The van der Waals surface area contributed by atoms with Gasteiger partial charge in [-0.05, 0) is 86.2 Å². The molecule has 0 N–H and O–H groups in total. The van der Waals surface area contributed by atoms with Crippen molar-refractivity contribution in [1.29, 1.82) is 0 Å². The molecule has 0 amide bonds. The number of rotatable bonds is 6. The number of hydrogen-bond acceptors (Lipinski definition) is 4. The zero-order valence-electron chi connectivity index (χ0n) is 14.9. The van der Waals surface area contributed by atoms with Gasteiger partial charge in [0, 0.05) is 11.5 Å². The summed E-state index contributed by atoms with van der Waals surface area (Å²) < 4.78 is 0. The van der Waals surface area contributed by atoms with E-state index in [1.807, 2.05) is 0 Å². The maximum Gasteiger partial charge on any atom is 0.214 e. The van der Waals surface area contributed by atoms with Crippen molar-refractivity contribution in [3.63, 3.8) is 0 Å². The Kier molecular flexibility index (Phi) is 5.10. The second-order valence-electron chi connectivity index (χ2n) is 8.67. The first-order valence-corrected chi connectivity index (χ1v) is 10.9. The molecule has 0 aromatic rings. The molecule has 0 aromatic carbocycles. The minimum absolute atomic E-state index is 0.145. The van der Waals surface area contributed by atoms with Crippen molar-refractivity contribution in [2.24, 2.45) is 22.7 Å². The van der Waals surface area contributed by atoms with Gasteiger partial charge in [0.05, 0.1) is 0 Å². The fourth-order valence-corrected chi connectivity index (χ4v) is 7.71. The summed E-state index contributed by atoms with van der Waals surface area (Å²) in [5.41, 5.74) is 1.93. The fraction of sp³-hybridized carbons (Fsp3) is 0.700. The maximum absolute atomic E-state index is 12.0. The van der Waals surface area contributed by atoms with Gasteiger partial charge in [0.25, 0.3) is 0 Å². The van der Waals surface area contributed by atoms with E-state index in [0.29, 0.717) is 22.0 Å². The first kappa shape index (κ1) is 18.3. The summed E-state index contributed by atoms with van der Waals surface area (Å²) in [7, 11) is 0. The molecule has 2 nitrogen and oxygen atoms in total. The molecule has 0 spiro atoms. The highest BCUT2D eigenvalue weighted by Gasteiger charge is 2.57. The van der Waals surface area contributed by atoms with Crippen molar-refractivity contribution in [2.75, 3.05) is 11.5 Å². The van der Waals surface area contributed by atoms with E-state index < -0.39 is 0 Å². The van der Waals surface area contributed by atoms with Gasteiger partial charge in [-0.15, -0.1) is 0 Å². The highest BCUT2D eigenvalue weighted by Crippen LogP contribution is 2.66. The highest BCUT2D eigenvalue weighted by atomic mass is 32.2. The van der Waals surface area contributed by atoms with Gasteiger partial charge in [0.15, 0.2) is 0 Å². The molecule has 0 saturated heterocycles. The number of carbonyl (C=O) groups excluding carboxylic acids is 2. The molecule has 0 aliphatic heterocycles. The minimum Gasteiger partial charge on any atom is -0.282 e. The molecule has 132 valence electrons. The van der Waals surface area contributed by atoms with Gasteiger partial charge in [-0.2, -0.15) is 0 Å². The lowest BCUT2D eigenvalue weighted by molar-refractivity contribution is -0.108. The molecule has 4 rings (SSSR count). The fourth-order valence-electron chi connectivity index (χ4n) is 5.67. The Labute approximate surface area is 154 Å². The summed E-state index contributed by atoms with van der Waals surface area (Å²) in [6.45, 7) is 11.2. The van der Waals surface area contributed by atoms with Crippen LogP contribution in [-0.2, 0) is 9.59 Å². The maximum atomic E-state index is 12.0. The molecular weight excluding hydrogens is 336 g/mol. The Morgan fingerprint density at radius 2 is 1.25 bits per heavy atom. The molecule has 4 saturated carbocycles. The molecular formula is C20H28O2S2. The summed E-state index contributed by atoms with van der Waals surface area (Å²) in [4.78, 5) is 24.0. The molecule has 4 fully saturated rings. The van der Waals surface area contributed by atoms with Crippen molar-refractivity contribution in [3.05, 3.63) is 24.3 Å². The molecule has 0 radical (unpaired) electrons. The largest absolute Gasteiger partial charge is 0.282 e. The van der Waals surface area contributed by atoms with E-state index in [4.69, 9.17) is 0 Å². The number of hydrogen-bond donors (Lipinski definition) is 0. The first-order valence-electron chi connectivity index (χ1n) is 8.88. The lowest BCUT2D eigenvalue weighted by Crippen LogP contribution is -2.54. The third-order valence-corrected chi connectivity index (χ3v) is 8.75. The lowest BCUT2D eigenvalue weighted by atomic mass is 9.45. The van der Waals surface area contributed by atoms with Crippen molar-refractivity contribution < 1.29 is 9.59 Å². The minimum atomic E-state index is 0.145. The Balaban J connectivity index is 1.70. The second kappa shape index (κ2) is 6.68. The molecule has 0 atom stereocenters. The molecule has 24 heavy (non-hydrogen) atoms. The van der Waals surface area contributed by atoms with E-state index in [1.165, 1.54) is 62.0 Å². The predicted molar refractivity (Wildman–Crippen MR) is 104 cm³/mol. The van der Waals surface area contributed by atoms with Crippen LogP contribution in [0.25, 0.3) is 0 Å². The van der Waals surface area contributed by atoms with E-state index in [0.717, 1.165) is 23.3 Å². The quantitative estimate of drug-likeness (QED) is 0.603. The van der Waals surface area contributed by atoms with Gasteiger partial charge in [0.2, 0.25) is 10.2 Å². The summed E-state index contributed by atoms with van der Waals surface area (Å²) in [5.74, 6) is 3.47. The third-order valence-electron chi connectivity index (χ3n) is 6.02. The second-order valence-corrected chi connectivity index (χ2v) is 10.6. The van der Waals surface area contributed by atoms with Crippen LogP contribution in [0, 0.1) is 22.7 Å². The van der Waals surface area contributed by atoms with Gasteiger partial charge >= 0.3 is 0 Å². The van der Waals surface area contributed by atoms with Crippen LogP contribution < -0.4 is 0 Å². The first-order chi connectivity index (χ1) is 11.2. The van der Waals surface area contributed by atoms with Crippen molar-refractivity contribution in [3.8, 4) is 0 Å². The lowest BCUT2D eigenvalue weighted by Gasteiger charge is -2.62. The van der Waals surface area contributed by atoms with Crippen LogP contribution in [0.1, 0.15) is 52.4 Å². The molecule has 0 unspecified atom stereocenters. The summed E-state index contributed by atoms with van der Waals surface area (Å²) in [5, 5.41) is 0.290. The molecule has 0 aromatic heterocycles. The van der Waals surface area contributed by atoms with Gasteiger partial charge in [0.1, 0.15) is 0 Å². The van der Waals surface area contributed by atoms with Crippen molar-refractivity contribution in [1.82, 2.24) is 0 Å². The van der Waals surface area contributed by atoms with Crippen LogP contribution in [0.5, 0.6) is 0 Å². The monoisotopic (exact) mass is 364 g/mol. The Hall–Kier alpha value is -0.480. The zero-order chi connectivity index (χ0) is 17.5. The topological polar surface area (TPSA) is 34.1 Å². The van der Waals surface area contributed by atoms with E-state index in [-0.39, 0.29) is 10.2 Å².